The van der Waals surface area contributed by atoms with Crippen molar-refractivity contribution in [2.75, 3.05) is 19.7 Å². The van der Waals surface area contributed by atoms with Gasteiger partial charge in [0, 0.05) is 19.7 Å². The van der Waals surface area contributed by atoms with Crippen LogP contribution < -0.4 is 5.46 Å². The van der Waals surface area contributed by atoms with Crippen molar-refractivity contribution in [2.45, 2.75) is 56.6 Å². The van der Waals surface area contributed by atoms with Gasteiger partial charge in [0.1, 0.15) is 0 Å². The van der Waals surface area contributed by atoms with E-state index in [0.29, 0.717) is 25.9 Å². The summed E-state index contributed by atoms with van der Waals surface area (Å²) in [6.07, 6.45) is 1.39. The molecule has 144 valence electrons. The molecule has 2 aliphatic rings. The van der Waals surface area contributed by atoms with Gasteiger partial charge in [-0.25, -0.2) is 8.42 Å². The molecule has 0 saturated carbocycles. The molecule has 1 aromatic rings. The standard InChI is InChI=1S/C18H28BNO5S/c1-17(2)18(3,4)25-19(24-17)15-5-7-16(8-6-15)26(22,23)20-11-9-14(13-21)10-12-20/h5-8,14,21H,9-13H2,1-4H3. The SMILES string of the molecule is CC1(C)OB(c2ccc(S(=O)(=O)N3CCC(CO)CC3)cc2)OC1(C)C. The maximum Gasteiger partial charge on any atom is 0.494 e. The van der Waals surface area contributed by atoms with Gasteiger partial charge in [-0.2, -0.15) is 4.31 Å². The van der Waals surface area contributed by atoms with Crippen molar-refractivity contribution >= 4 is 22.6 Å². The van der Waals surface area contributed by atoms with Crippen molar-refractivity contribution < 1.29 is 22.8 Å². The summed E-state index contributed by atoms with van der Waals surface area (Å²) in [6, 6.07) is 6.76. The molecule has 6 nitrogen and oxygen atoms in total. The van der Waals surface area contributed by atoms with Crippen LogP contribution in [-0.2, 0) is 19.3 Å². The van der Waals surface area contributed by atoms with Crippen LogP contribution in [0.2, 0.25) is 0 Å². The van der Waals surface area contributed by atoms with Crippen LogP contribution in [0.5, 0.6) is 0 Å². The molecule has 0 aliphatic carbocycles. The number of hydrogen-bond donors (Lipinski definition) is 1. The maximum atomic E-state index is 12.8. The van der Waals surface area contributed by atoms with Crippen LogP contribution in [0.1, 0.15) is 40.5 Å². The monoisotopic (exact) mass is 381 g/mol. The van der Waals surface area contributed by atoms with E-state index in [0.717, 1.165) is 5.46 Å². The van der Waals surface area contributed by atoms with Gasteiger partial charge in [0.15, 0.2) is 0 Å². The van der Waals surface area contributed by atoms with Crippen molar-refractivity contribution in [1.29, 1.82) is 0 Å². The highest BCUT2D eigenvalue weighted by molar-refractivity contribution is 7.89. The van der Waals surface area contributed by atoms with Crippen molar-refractivity contribution in [3.63, 3.8) is 0 Å². The van der Waals surface area contributed by atoms with Crippen LogP contribution in [0.4, 0.5) is 0 Å². The second-order valence-corrected chi connectivity index (χ2v) is 10.1. The van der Waals surface area contributed by atoms with Crippen LogP contribution >= 0.6 is 0 Å². The van der Waals surface area contributed by atoms with Crippen LogP contribution in [0.15, 0.2) is 29.2 Å². The highest BCUT2D eigenvalue weighted by Crippen LogP contribution is 2.36. The molecule has 8 heteroatoms. The third kappa shape index (κ3) is 3.58. The molecule has 3 rings (SSSR count). The van der Waals surface area contributed by atoms with Crippen LogP contribution in [0.3, 0.4) is 0 Å². The first-order chi connectivity index (χ1) is 12.1. The van der Waals surface area contributed by atoms with Gasteiger partial charge in [-0.15, -0.1) is 0 Å². The Hall–Kier alpha value is -0.925. The van der Waals surface area contributed by atoms with Gasteiger partial charge in [0.05, 0.1) is 16.1 Å². The summed E-state index contributed by atoms with van der Waals surface area (Å²) in [5.41, 5.74) is -0.0552. The van der Waals surface area contributed by atoms with E-state index in [1.807, 2.05) is 27.7 Å². The van der Waals surface area contributed by atoms with Crippen molar-refractivity contribution in [1.82, 2.24) is 4.31 Å². The summed E-state index contributed by atoms with van der Waals surface area (Å²) in [5, 5.41) is 9.21. The molecule has 0 amide bonds. The minimum atomic E-state index is -3.51. The van der Waals surface area contributed by atoms with E-state index in [9.17, 15) is 13.5 Å². The third-order valence-corrected chi connectivity index (χ3v) is 7.79. The number of hydrogen-bond acceptors (Lipinski definition) is 5. The van der Waals surface area contributed by atoms with E-state index in [-0.39, 0.29) is 17.4 Å². The molecule has 0 unspecified atom stereocenters. The number of sulfonamides is 1. The van der Waals surface area contributed by atoms with Crippen molar-refractivity contribution in [2.24, 2.45) is 5.92 Å². The van der Waals surface area contributed by atoms with Crippen LogP contribution in [-0.4, -0.2) is 55.8 Å². The molecule has 2 fully saturated rings. The second kappa shape index (κ2) is 6.91. The number of aliphatic hydroxyl groups is 1. The van der Waals surface area contributed by atoms with E-state index in [1.165, 1.54) is 4.31 Å². The lowest BCUT2D eigenvalue weighted by molar-refractivity contribution is 0.00578. The summed E-state index contributed by atoms with van der Waals surface area (Å²) in [4.78, 5) is 0.278. The Morgan fingerprint density at radius 2 is 1.58 bits per heavy atom. The van der Waals surface area contributed by atoms with Gasteiger partial charge < -0.3 is 14.4 Å². The van der Waals surface area contributed by atoms with Crippen molar-refractivity contribution in [3.8, 4) is 0 Å². The van der Waals surface area contributed by atoms with E-state index < -0.39 is 28.3 Å². The fourth-order valence-corrected chi connectivity index (χ4v) is 4.73. The molecule has 2 aliphatic heterocycles. The van der Waals surface area contributed by atoms with Crippen LogP contribution in [0.25, 0.3) is 0 Å². The van der Waals surface area contributed by atoms with E-state index >= 15 is 0 Å². The van der Waals surface area contributed by atoms with Crippen LogP contribution in [0, 0.1) is 5.92 Å². The topological polar surface area (TPSA) is 76.1 Å². The highest BCUT2D eigenvalue weighted by atomic mass is 32.2. The fraction of sp³-hybridized carbons (Fsp3) is 0.667. The number of benzene rings is 1. The molecule has 0 radical (unpaired) electrons. The van der Waals surface area contributed by atoms with Gasteiger partial charge in [-0.1, -0.05) is 12.1 Å². The van der Waals surface area contributed by atoms with E-state index in [1.54, 1.807) is 24.3 Å². The smallest absolute Gasteiger partial charge is 0.399 e. The number of nitrogens with zero attached hydrogens (tertiary/aromatic N) is 1. The summed E-state index contributed by atoms with van der Waals surface area (Å²) in [6.45, 7) is 8.98. The molecule has 1 N–H and O–H groups in total. The van der Waals surface area contributed by atoms with Gasteiger partial charge in [-0.05, 0) is 64.1 Å². The first-order valence-electron chi connectivity index (χ1n) is 9.13. The second-order valence-electron chi connectivity index (χ2n) is 8.19. The number of rotatable bonds is 4. The molecule has 0 atom stereocenters. The third-order valence-electron chi connectivity index (χ3n) is 5.87. The Labute approximate surface area is 156 Å². The molecule has 2 heterocycles. The fourth-order valence-electron chi connectivity index (χ4n) is 3.26. The Morgan fingerprint density at radius 3 is 2.04 bits per heavy atom. The predicted molar refractivity (Wildman–Crippen MR) is 101 cm³/mol. The lowest BCUT2D eigenvalue weighted by atomic mass is 9.79. The minimum absolute atomic E-state index is 0.122. The minimum Gasteiger partial charge on any atom is -0.399 e. The first-order valence-corrected chi connectivity index (χ1v) is 10.6. The molecule has 26 heavy (non-hydrogen) atoms. The molecular formula is C18H28BNO5S. The Morgan fingerprint density at radius 1 is 1.08 bits per heavy atom. The summed E-state index contributed by atoms with van der Waals surface area (Å²) in [7, 11) is -4.01. The summed E-state index contributed by atoms with van der Waals surface area (Å²) in [5.74, 6) is 0.201. The molecule has 1 aromatic carbocycles. The van der Waals surface area contributed by atoms with E-state index in [2.05, 4.69) is 0 Å². The number of piperidine rings is 1. The molecular weight excluding hydrogens is 353 g/mol. The Kier molecular flexibility index (Phi) is 5.27. The van der Waals surface area contributed by atoms with Gasteiger partial charge in [-0.3, -0.25) is 0 Å². The van der Waals surface area contributed by atoms with Gasteiger partial charge in [0.25, 0.3) is 0 Å². The Balaban J connectivity index is 1.74. The quantitative estimate of drug-likeness (QED) is 0.798. The average molecular weight is 381 g/mol. The lowest BCUT2D eigenvalue weighted by Gasteiger charge is -2.32. The van der Waals surface area contributed by atoms with Gasteiger partial charge in [0.2, 0.25) is 10.0 Å². The molecule has 0 aromatic heterocycles. The normalized spacial score (nSPS) is 24.1. The van der Waals surface area contributed by atoms with Crippen molar-refractivity contribution in [3.05, 3.63) is 24.3 Å². The Bertz CT molecular complexity index is 723. The zero-order valence-electron chi connectivity index (χ0n) is 15.9. The zero-order chi connectivity index (χ0) is 19.2. The predicted octanol–water partition coefficient (Wildman–Crippen LogP) is 1.38. The number of aliphatic hydroxyl groups excluding tert-OH is 1. The summed E-state index contributed by atoms with van der Waals surface area (Å²) < 4.78 is 39.2. The first kappa shape index (κ1) is 19.8. The highest BCUT2D eigenvalue weighted by Gasteiger charge is 2.51. The lowest BCUT2D eigenvalue weighted by Crippen LogP contribution is -2.41. The summed E-state index contributed by atoms with van der Waals surface area (Å²) >= 11 is 0. The zero-order valence-corrected chi connectivity index (χ0v) is 16.8. The molecule has 0 bridgehead atoms. The molecule has 2 saturated heterocycles. The maximum absolute atomic E-state index is 12.8. The largest absolute Gasteiger partial charge is 0.494 e. The van der Waals surface area contributed by atoms with E-state index in [4.69, 9.17) is 9.31 Å². The average Bonchev–Trinajstić information content (AvgIpc) is 2.83. The van der Waals surface area contributed by atoms with Gasteiger partial charge >= 0.3 is 7.12 Å². The molecule has 0 spiro atoms.